The van der Waals surface area contributed by atoms with Crippen LogP contribution in [-0.4, -0.2) is 42.3 Å². The summed E-state index contributed by atoms with van der Waals surface area (Å²) < 4.78 is 10.8. The number of nitrogens with one attached hydrogen (secondary N) is 2. The van der Waals surface area contributed by atoms with Gasteiger partial charge in [-0.2, -0.15) is 0 Å². The molecule has 3 aromatic carbocycles. The lowest BCUT2D eigenvalue weighted by molar-refractivity contribution is -0.134. The second-order valence-electron chi connectivity index (χ2n) is 8.99. The minimum Gasteiger partial charge on any atom is -0.478 e. The van der Waals surface area contributed by atoms with Crippen molar-refractivity contribution in [3.05, 3.63) is 94.5 Å². The number of benzene rings is 3. The molecule has 0 radical (unpaired) electrons. The summed E-state index contributed by atoms with van der Waals surface area (Å²) in [5.74, 6) is -0.543. The SMILES string of the molecule is CC(=O)Oc1ccc(C(=O)CNC(=O)C(C)(C)Oc2ccc(CCNC(=O)c3ccc(Cl)cc3)cc2)cc1. The van der Waals surface area contributed by atoms with Crippen molar-refractivity contribution >= 4 is 35.2 Å². The Labute approximate surface area is 226 Å². The van der Waals surface area contributed by atoms with Crippen LogP contribution in [0.3, 0.4) is 0 Å². The highest BCUT2D eigenvalue weighted by Crippen LogP contribution is 2.20. The van der Waals surface area contributed by atoms with Crippen LogP contribution in [0.1, 0.15) is 47.1 Å². The van der Waals surface area contributed by atoms with Crippen LogP contribution in [0.2, 0.25) is 5.02 Å². The number of ketones is 1. The van der Waals surface area contributed by atoms with Crippen LogP contribution in [-0.2, 0) is 16.0 Å². The minimum atomic E-state index is -1.23. The van der Waals surface area contributed by atoms with Gasteiger partial charge in [-0.25, -0.2) is 0 Å². The van der Waals surface area contributed by atoms with E-state index in [0.29, 0.717) is 40.6 Å². The molecule has 0 aliphatic rings. The molecule has 38 heavy (non-hydrogen) atoms. The van der Waals surface area contributed by atoms with Gasteiger partial charge in [-0.1, -0.05) is 23.7 Å². The number of Topliss-reactive ketones (excluding diaryl/α,β-unsaturated/α-hetero) is 1. The molecule has 2 N–H and O–H groups in total. The Morgan fingerprint density at radius 1 is 0.789 bits per heavy atom. The molecule has 198 valence electrons. The Bertz CT molecular complexity index is 1290. The molecule has 0 bridgehead atoms. The molecule has 0 aromatic heterocycles. The zero-order valence-corrected chi connectivity index (χ0v) is 22.1. The van der Waals surface area contributed by atoms with Gasteiger partial charge < -0.3 is 20.1 Å². The van der Waals surface area contributed by atoms with E-state index in [1.807, 2.05) is 12.1 Å². The average Bonchev–Trinajstić information content (AvgIpc) is 2.88. The van der Waals surface area contributed by atoms with Crippen LogP contribution in [0.5, 0.6) is 11.5 Å². The molecule has 0 saturated carbocycles. The van der Waals surface area contributed by atoms with Crippen LogP contribution in [0, 0.1) is 0 Å². The van der Waals surface area contributed by atoms with E-state index in [-0.39, 0.29) is 18.2 Å². The van der Waals surface area contributed by atoms with Crippen molar-refractivity contribution in [2.75, 3.05) is 13.1 Å². The first-order chi connectivity index (χ1) is 18.0. The van der Waals surface area contributed by atoms with E-state index in [0.717, 1.165) is 5.56 Å². The monoisotopic (exact) mass is 536 g/mol. The number of rotatable bonds is 11. The lowest BCUT2D eigenvalue weighted by Gasteiger charge is -2.25. The Morgan fingerprint density at radius 2 is 1.37 bits per heavy atom. The first kappa shape index (κ1) is 28.4. The molecule has 0 saturated heterocycles. The van der Waals surface area contributed by atoms with Crippen LogP contribution in [0.25, 0.3) is 0 Å². The predicted molar refractivity (Wildman–Crippen MR) is 144 cm³/mol. The van der Waals surface area contributed by atoms with Crippen molar-refractivity contribution in [2.24, 2.45) is 0 Å². The summed E-state index contributed by atoms with van der Waals surface area (Å²) in [5.41, 5.74) is 0.673. The lowest BCUT2D eigenvalue weighted by atomic mass is 10.1. The molecule has 9 heteroatoms. The zero-order chi connectivity index (χ0) is 27.7. The number of ether oxygens (including phenoxy) is 2. The van der Waals surface area contributed by atoms with E-state index in [1.54, 1.807) is 50.2 Å². The molecule has 3 aromatic rings. The Balaban J connectivity index is 1.45. The maximum atomic E-state index is 12.7. The summed E-state index contributed by atoms with van der Waals surface area (Å²) in [5, 5.41) is 6.05. The number of hydrogen-bond donors (Lipinski definition) is 2. The van der Waals surface area contributed by atoms with Gasteiger partial charge in [0, 0.05) is 29.6 Å². The lowest BCUT2D eigenvalue weighted by Crippen LogP contribution is -2.47. The van der Waals surface area contributed by atoms with Gasteiger partial charge in [0.1, 0.15) is 11.5 Å². The molecular weight excluding hydrogens is 508 g/mol. The molecule has 3 rings (SSSR count). The average molecular weight is 537 g/mol. The first-order valence-corrected chi connectivity index (χ1v) is 12.3. The summed E-state index contributed by atoms with van der Waals surface area (Å²) in [4.78, 5) is 48.3. The van der Waals surface area contributed by atoms with E-state index in [2.05, 4.69) is 10.6 Å². The second kappa shape index (κ2) is 12.9. The largest absolute Gasteiger partial charge is 0.478 e. The van der Waals surface area contributed by atoms with Gasteiger partial charge in [-0.15, -0.1) is 0 Å². The molecule has 0 spiro atoms. The van der Waals surface area contributed by atoms with Gasteiger partial charge >= 0.3 is 5.97 Å². The molecular formula is C29H29ClN2O6. The van der Waals surface area contributed by atoms with Crippen LogP contribution >= 0.6 is 11.6 Å². The highest BCUT2D eigenvalue weighted by Gasteiger charge is 2.30. The number of carbonyl (C=O) groups excluding carboxylic acids is 4. The number of carbonyl (C=O) groups is 4. The Morgan fingerprint density at radius 3 is 1.97 bits per heavy atom. The second-order valence-corrected chi connectivity index (χ2v) is 9.43. The van der Waals surface area contributed by atoms with Gasteiger partial charge in [0.2, 0.25) is 0 Å². The highest BCUT2D eigenvalue weighted by molar-refractivity contribution is 6.30. The summed E-state index contributed by atoms with van der Waals surface area (Å²) in [7, 11) is 0. The van der Waals surface area contributed by atoms with Crippen molar-refractivity contribution < 1.29 is 28.7 Å². The van der Waals surface area contributed by atoms with E-state index >= 15 is 0 Å². The number of halogens is 1. The van der Waals surface area contributed by atoms with E-state index in [1.165, 1.54) is 31.2 Å². The maximum Gasteiger partial charge on any atom is 0.308 e. The molecule has 0 fully saturated rings. The fraction of sp³-hybridized carbons (Fsp3) is 0.241. The van der Waals surface area contributed by atoms with Crippen LogP contribution in [0.4, 0.5) is 0 Å². The van der Waals surface area contributed by atoms with Gasteiger partial charge in [0.05, 0.1) is 6.54 Å². The van der Waals surface area contributed by atoms with Crippen molar-refractivity contribution in [3.63, 3.8) is 0 Å². The van der Waals surface area contributed by atoms with Crippen molar-refractivity contribution in [1.29, 1.82) is 0 Å². The van der Waals surface area contributed by atoms with Crippen molar-refractivity contribution in [1.82, 2.24) is 10.6 Å². The Kier molecular flexibility index (Phi) is 9.62. The summed E-state index contributed by atoms with van der Waals surface area (Å²) >= 11 is 5.85. The predicted octanol–water partition coefficient (Wildman–Crippen LogP) is 4.39. The van der Waals surface area contributed by atoms with Crippen LogP contribution < -0.4 is 20.1 Å². The summed E-state index contributed by atoms with van der Waals surface area (Å²) in [6, 6.07) is 20.0. The fourth-order valence-corrected chi connectivity index (χ4v) is 3.57. The van der Waals surface area contributed by atoms with Gasteiger partial charge in [-0.3, -0.25) is 19.2 Å². The number of amides is 2. The highest BCUT2D eigenvalue weighted by atomic mass is 35.5. The smallest absolute Gasteiger partial charge is 0.308 e. The molecule has 0 aliphatic heterocycles. The summed E-state index contributed by atoms with van der Waals surface area (Å²) in [6.07, 6.45) is 0.619. The first-order valence-electron chi connectivity index (χ1n) is 12.0. The third kappa shape index (κ3) is 8.45. The standard InChI is InChI=1S/C29H29ClN2O6/c1-19(33)37-24-14-8-21(9-15-24)26(34)18-32-28(36)29(2,3)38-25-12-4-20(5-13-25)16-17-31-27(35)22-6-10-23(30)11-7-22/h4-15H,16-18H2,1-3H3,(H,31,35)(H,32,36). The van der Waals surface area contributed by atoms with Gasteiger partial charge in [0.15, 0.2) is 11.4 Å². The maximum absolute atomic E-state index is 12.7. The third-order valence-electron chi connectivity index (χ3n) is 5.50. The van der Waals surface area contributed by atoms with Crippen LogP contribution in [0.15, 0.2) is 72.8 Å². The molecule has 0 unspecified atom stereocenters. The molecule has 0 aliphatic carbocycles. The van der Waals surface area contributed by atoms with Gasteiger partial charge in [0.25, 0.3) is 11.8 Å². The topological polar surface area (TPSA) is 111 Å². The fourth-order valence-electron chi connectivity index (χ4n) is 3.44. The molecule has 8 nitrogen and oxygen atoms in total. The molecule has 0 atom stereocenters. The van der Waals surface area contributed by atoms with E-state index in [4.69, 9.17) is 21.1 Å². The zero-order valence-electron chi connectivity index (χ0n) is 21.4. The van der Waals surface area contributed by atoms with Crippen molar-refractivity contribution in [2.45, 2.75) is 32.8 Å². The molecule has 2 amide bonds. The minimum absolute atomic E-state index is 0.174. The van der Waals surface area contributed by atoms with E-state index in [9.17, 15) is 19.2 Å². The summed E-state index contributed by atoms with van der Waals surface area (Å²) in [6.45, 7) is 4.76. The normalized spacial score (nSPS) is 10.8. The number of hydrogen-bond acceptors (Lipinski definition) is 6. The number of esters is 1. The van der Waals surface area contributed by atoms with E-state index < -0.39 is 17.5 Å². The third-order valence-corrected chi connectivity index (χ3v) is 5.75. The van der Waals surface area contributed by atoms with Crippen molar-refractivity contribution in [3.8, 4) is 11.5 Å². The Hall–Kier alpha value is -4.17. The molecule has 0 heterocycles. The quantitative estimate of drug-likeness (QED) is 0.213. The van der Waals surface area contributed by atoms with Gasteiger partial charge in [-0.05, 0) is 86.5 Å².